The molecule has 1 aliphatic heterocycles. The van der Waals surface area contributed by atoms with Gasteiger partial charge in [-0.25, -0.2) is 8.61 Å². The molecule has 0 spiro atoms. The second-order valence-electron chi connectivity index (χ2n) is 5.37. The molecule has 0 saturated heterocycles. The maximum Gasteiger partial charge on any atom is 0.272 e. The quantitative estimate of drug-likeness (QED) is 0.633. The molecule has 0 unspecified atom stereocenters. The maximum atomic E-state index is 12.3. The Morgan fingerprint density at radius 3 is 2.15 bits per heavy atom. The highest BCUT2D eigenvalue weighted by atomic mass is 32.2. The van der Waals surface area contributed by atoms with E-state index in [9.17, 15) is 9.59 Å². The molecule has 0 radical (unpaired) electrons. The van der Waals surface area contributed by atoms with Crippen LogP contribution in [0.4, 0.5) is 0 Å². The molecule has 0 atom stereocenters. The second-order valence-corrected chi connectivity index (χ2v) is 6.47. The molecule has 1 fully saturated rings. The standard InChI is InChI=1S/C15H18N2O2S/c1-16(11-7-3-2-4-8-11)20-17-14(18)12-9-5-6-10-13(12)15(17)19/h5-6,9-11H,2-4,7-8H2,1H3. The van der Waals surface area contributed by atoms with Crippen molar-refractivity contribution in [3.63, 3.8) is 0 Å². The first-order valence-electron chi connectivity index (χ1n) is 7.07. The first-order chi connectivity index (χ1) is 9.68. The van der Waals surface area contributed by atoms with E-state index in [1.54, 1.807) is 24.3 Å². The Bertz CT molecular complexity index is 505. The molecule has 1 aliphatic carbocycles. The number of carbonyl (C=O) groups excluding carboxylic acids is 2. The molecule has 4 nitrogen and oxygen atoms in total. The molecule has 0 aromatic heterocycles. The van der Waals surface area contributed by atoms with Crippen molar-refractivity contribution >= 4 is 23.9 Å². The minimum Gasteiger partial charge on any atom is -0.268 e. The van der Waals surface area contributed by atoms with Gasteiger partial charge in [0.1, 0.15) is 0 Å². The first-order valence-corrected chi connectivity index (χ1v) is 7.80. The molecule has 2 aliphatic rings. The highest BCUT2D eigenvalue weighted by Gasteiger charge is 2.37. The lowest BCUT2D eigenvalue weighted by molar-refractivity contribution is 0.0771. The lowest BCUT2D eigenvalue weighted by Gasteiger charge is -2.31. The van der Waals surface area contributed by atoms with E-state index in [1.807, 2.05) is 7.05 Å². The van der Waals surface area contributed by atoms with Gasteiger partial charge < -0.3 is 0 Å². The summed E-state index contributed by atoms with van der Waals surface area (Å²) in [5.74, 6) is -0.392. The van der Waals surface area contributed by atoms with Gasteiger partial charge in [0, 0.05) is 6.04 Å². The van der Waals surface area contributed by atoms with Crippen LogP contribution in [-0.4, -0.2) is 33.5 Å². The molecular formula is C15H18N2O2S. The minimum atomic E-state index is -0.196. The molecule has 1 aromatic carbocycles. The molecule has 5 heteroatoms. The Kier molecular flexibility index (Phi) is 3.81. The summed E-state index contributed by atoms with van der Waals surface area (Å²) in [5, 5.41) is 0. The van der Waals surface area contributed by atoms with Crippen LogP contribution >= 0.6 is 12.1 Å². The van der Waals surface area contributed by atoms with E-state index in [2.05, 4.69) is 4.31 Å². The van der Waals surface area contributed by atoms with Crippen molar-refractivity contribution in [2.24, 2.45) is 0 Å². The van der Waals surface area contributed by atoms with Crippen LogP contribution in [0.1, 0.15) is 52.8 Å². The number of amides is 2. The minimum absolute atomic E-state index is 0.196. The smallest absolute Gasteiger partial charge is 0.268 e. The molecule has 1 heterocycles. The third-order valence-corrected chi connectivity index (χ3v) is 5.11. The van der Waals surface area contributed by atoms with Crippen LogP contribution in [0.2, 0.25) is 0 Å². The van der Waals surface area contributed by atoms with E-state index in [0.717, 1.165) is 12.8 Å². The summed E-state index contributed by atoms with van der Waals surface area (Å²) in [7, 11) is 1.98. The highest BCUT2D eigenvalue weighted by Crippen LogP contribution is 2.33. The first kappa shape index (κ1) is 13.6. The number of nitrogens with zero attached hydrogens (tertiary/aromatic N) is 2. The van der Waals surface area contributed by atoms with Crippen molar-refractivity contribution in [2.75, 3.05) is 7.05 Å². The van der Waals surface area contributed by atoms with E-state index in [0.29, 0.717) is 17.2 Å². The molecule has 2 amide bonds. The fourth-order valence-corrected chi connectivity index (χ4v) is 3.83. The molecule has 0 N–H and O–H groups in total. The van der Waals surface area contributed by atoms with Crippen LogP contribution in [0.5, 0.6) is 0 Å². The Morgan fingerprint density at radius 1 is 1.05 bits per heavy atom. The molecule has 0 bridgehead atoms. The Balaban J connectivity index is 1.73. The number of imide groups is 1. The van der Waals surface area contributed by atoms with Gasteiger partial charge in [0.25, 0.3) is 11.8 Å². The second kappa shape index (κ2) is 5.58. The van der Waals surface area contributed by atoms with E-state index in [1.165, 1.54) is 35.7 Å². The number of hydrogen-bond acceptors (Lipinski definition) is 4. The zero-order valence-corrected chi connectivity index (χ0v) is 12.4. The molecule has 106 valence electrons. The van der Waals surface area contributed by atoms with Crippen molar-refractivity contribution in [2.45, 2.75) is 38.1 Å². The summed E-state index contributed by atoms with van der Waals surface area (Å²) in [4.78, 5) is 24.6. The lowest BCUT2D eigenvalue weighted by Crippen LogP contribution is -2.34. The van der Waals surface area contributed by atoms with Gasteiger partial charge in [-0.3, -0.25) is 9.59 Å². The van der Waals surface area contributed by atoms with Gasteiger partial charge >= 0.3 is 0 Å². The van der Waals surface area contributed by atoms with E-state index >= 15 is 0 Å². The largest absolute Gasteiger partial charge is 0.272 e. The van der Waals surface area contributed by atoms with Gasteiger partial charge in [-0.05, 0) is 32.0 Å². The molecule has 1 aromatic rings. The van der Waals surface area contributed by atoms with Crippen LogP contribution in [-0.2, 0) is 0 Å². The van der Waals surface area contributed by atoms with Crippen molar-refractivity contribution in [3.8, 4) is 0 Å². The molecule has 1 saturated carbocycles. The average molecular weight is 290 g/mol. The summed E-state index contributed by atoms with van der Waals surface area (Å²) in [5.41, 5.74) is 1.03. The molecular weight excluding hydrogens is 272 g/mol. The number of fused-ring (bicyclic) bond motifs is 1. The summed E-state index contributed by atoms with van der Waals surface area (Å²) >= 11 is 1.25. The van der Waals surface area contributed by atoms with Crippen LogP contribution in [0.15, 0.2) is 24.3 Å². The van der Waals surface area contributed by atoms with Crippen LogP contribution in [0, 0.1) is 0 Å². The summed E-state index contributed by atoms with van der Waals surface area (Å²) < 4.78 is 3.36. The van der Waals surface area contributed by atoms with Crippen LogP contribution < -0.4 is 0 Å². The van der Waals surface area contributed by atoms with Crippen molar-refractivity contribution in [3.05, 3.63) is 35.4 Å². The van der Waals surface area contributed by atoms with Crippen molar-refractivity contribution < 1.29 is 9.59 Å². The van der Waals surface area contributed by atoms with Gasteiger partial charge in [0.15, 0.2) is 0 Å². The van der Waals surface area contributed by atoms with Gasteiger partial charge in [0.2, 0.25) is 0 Å². The summed E-state index contributed by atoms with van der Waals surface area (Å²) in [6, 6.07) is 7.48. The maximum absolute atomic E-state index is 12.3. The van der Waals surface area contributed by atoms with Crippen molar-refractivity contribution in [1.29, 1.82) is 0 Å². The Labute approximate surface area is 123 Å². The van der Waals surface area contributed by atoms with Crippen molar-refractivity contribution in [1.82, 2.24) is 8.61 Å². The van der Waals surface area contributed by atoms with Gasteiger partial charge in [-0.1, -0.05) is 31.4 Å². The Morgan fingerprint density at radius 2 is 1.60 bits per heavy atom. The predicted molar refractivity (Wildman–Crippen MR) is 79.2 cm³/mol. The molecule has 3 rings (SSSR count). The zero-order chi connectivity index (χ0) is 14.1. The highest BCUT2D eigenvalue weighted by molar-refractivity contribution is 7.95. The van der Waals surface area contributed by atoms with E-state index in [-0.39, 0.29) is 11.8 Å². The predicted octanol–water partition coefficient (Wildman–Crippen LogP) is 3.11. The summed E-state index contributed by atoms with van der Waals surface area (Å²) in [6.07, 6.45) is 6.05. The topological polar surface area (TPSA) is 40.6 Å². The molecule has 20 heavy (non-hydrogen) atoms. The zero-order valence-electron chi connectivity index (χ0n) is 11.5. The van der Waals surface area contributed by atoms with Gasteiger partial charge in [0.05, 0.1) is 23.3 Å². The third-order valence-electron chi connectivity index (χ3n) is 4.06. The summed E-state index contributed by atoms with van der Waals surface area (Å²) in [6.45, 7) is 0. The normalized spacial score (nSPS) is 19.8. The fourth-order valence-electron chi connectivity index (χ4n) is 2.88. The number of benzene rings is 1. The van der Waals surface area contributed by atoms with Gasteiger partial charge in [-0.2, -0.15) is 0 Å². The number of hydrogen-bond donors (Lipinski definition) is 0. The lowest BCUT2D eigenvalue weighted by atomic mass is 9.96. The fraction of sp³-hybridized carbons (Fsp3) is 0.467. The van der Waals surface area contributed by atoms with Crippen LogP contribution in [0.3, 0.4) is 0 Å². The average Bonchev–Trinajstić information content (AvgIpc) is 2.74. The number of rotatable bonds is 3. The monoisotopic (exact) mass is 290 g/mol. The number of carbonyl (C=O) groups is 2. The van der Waals surface area contributed by atoms with E-state index in [4.69, 9.17) is 0 Å². The Hall–Kier alpha value is -1.33. The van der Waals surface area contributed by atoms with E-state index < -0.39 is 0 Å². The van der Waals surface area contributed by atoms with Crippen LogP contribution in [0.25, 0.3) is 0 Å². The SMILES string of the molecule is CN(SN1C(=O)c2ccccc2C1=O)C1CCCCC1. The third kappa shape index (κ3) is 2.36. The van der Waals surface area contributed by atoms with Gasteiger partial charge in [-0.15, -0.1) is 0 Å².